The Morgan fingerprint density at radius 1 is 1.47 bits per heavy atom. The first-order chi connectivity index (χ1) is 8.29. The Kier molecular flexibility index (Phi) is 3.40. The van der Waals surface area contributed by atoms with Gasteiger partial charge in [-0.3, -0.25) is 4.79 Å². The minimum absolute atomic E-state index is 0.172. The molecule has 0 aliphatic carbocycles. The van der Waals surface area contributed by atoms with Crippen LogP contribution in [0.1, 0.15) is 15.9 Å². The number of nitrogens with zero attached hydrogens (tertiary/aromatic N) is 1. The van der Waals surface area contributed by atoms with Gasteiger partial charge < -0.3 is 14.5 Å². The van der Waals surface area contributed by atoms with E-state index in [0.717, 1.165) is 5.56 Å². The lowest BCUT2D eigenvalue weighted by Gasteiger charge is -2.04. The van der Waals surface area contributed by atoms with Crippen molar-refractivity contribution in [3.8, 4) is 5.88 Å². The van der Waals surface area contributed by atoms with Gasteiger partial charge in [0.15, 0.2) is 0 Å². The molecule has 2 aromatic rings. The summed E-state index contributed by atoms with van der Waals surface area (Å²) in [6.45, 7) is 0.418. The summed E-state index contributed by atoms with van der Waals surface area (Å²) in [6.07, 6.45) is 4.53. The van der Waals surface area contributed by atoms with Crippen LogP contribution < -0.4 is 10.1 Å². The van der Waals surface area contributed by atoms with Crippen LogP contribution in [0.15, 0.2) is 41.3 Å². The summed E-state index contributed by atoms with van der Waals surface area (Å²) in [5.74, 6) is 0.379. The summed E-state index contributed by atoms with van der Waals surface area (Å²) < 4.78 is 9.77. The molecule has 0 saturated carbocycles. The summed E-state index contributed by atoms with van der Waals surface area (Å²) >= 11 is 0. The summed E-state index contributed by atoms with van der Waals surface area (Å²) in [5, 5.41) is 2.76. The van der Waals surface area contributed by atoms with Crippen molar-refractivity contribution in [3.63, 3.8) is 0 Å². The van der Waals surface area contributed by atoms with Gasteiger partial charge in [-0.05, 0) is 11.6 Å². The van der Waals surface area contributed by atoms with Crippen LogP contribution >= 0.6 is 0 Å². The van der Waals surface area contributed by atoms with Crippen molar-refractivity contribution in [3.05, 3.63) is 48.0 Å². The molecule has 17 heavy (non-hydrogen) atoms. The molecule has 0 aliphatic heterocycles. The van der Waals surface area contributed by atoms with Gasteiger partial charge in [0.05, 0.1) is 18.9 Å². The quantitative estimate of drug-likeness (QED) is 0.869. The topological polar surface area (TPSA) is 64.4 Å². The monoisotopic (exact) mass is 232 g/mol. The molecule has 1 N–H and O–H groups in total. The normalized spacial score (nSPS) is 9.94. The van der Waals surface area contributed by atoms with E-state index in [-0.39, 0.29) is 5.91 Å². The van der Waals surface area contributed by atoms with Gasteiger partial charge in [-0.15, -0.1) is 0 Å². The van der Waals surface area contributed by atoms with Crippen LogP contribution in [0.25, 0.3) is 0 Å². The van der Waals surface area contributed by atoms with Crippen molar-refractivity contribution in [2.45, 2.75) is 6.54 Å². The second-order valence-electron chi connectivity index (χ2n) is 3.40. The average Bonchev–Trinajstić information content (AvgIpc) is 2.90. The second-order valence-corrected chi connectivity index (χ2v) is 3.40. The molecular weight excluding hydrogens is 220 g/mol. The number of pyridine rings is 1. The van der Waals surface area contributed by atoms with Gasteiger partial charge in [-0.25, -0.2) is 4.98 Å². The summed E-state index contributed by atoms with van der Waals surface area (Å²) in [4.78, 5) is 15.6. The lowest BCUT2D eigenvalue weighted by Crippen LogP contribution is -2.22. The number of amides is 1. The van der Waals surface area contributed by atoms with Gasteiger partial charge >= 0.3 is 0 Å². The maximum atomic E-state index is 11.6. The number of aromatic nitrogens is 1. The summed E-state index contributed by atoms with van der Waals surface area (Å²) in [6, 6.07) is 5.21. The maximum absolute atomic E-state index is 11.6. The molecule has 0 aromatic carbocycles. The lowest BCUT2D eigenvalue weighted by atomic mass is 10.2. The fourth-order valence-corrected chi connectivity index (χ4v) is 1.31. The molecule has 5 nitrogen and oxygen atoms in total. The molecular formula is C12H12N2O3. The van der Waals surface area contributed by atoms with Crippen molar-refractivity contribution >= 4 is 5.91 Å². The largest absolute Gasteiger partial charge is 0.481 e. The Morgan fingerprint density at radius 3 is 2.94 bits per heavy atom. The number of carbonyl (C=O) groups is 1. The Morgan fingerprint density at radius 2 is 2.35 bits per heavy atom. The van der Waals surface area contributed by atoms with E-state index in [1.165, 1.54) is 12.5 Å². The van der Waals surface area contributed by atoms with Crippen LogP contribution in [0.3, 0.4) is 0 Å². The number of carbonyl (C=O) groups excluding carboxylic acids is 1. The lowest BCUT2D eigenvalue weighted by molar-refractivity contribution is 0.0950. The Labute approximate surface area is 98.4 Å². The second kappa shape index (κ2) is 5.16. The van der Waals surface area contributed by atoms with E-state index in [4.69, 9.17) is 9.15 Å². The van der Waals surface area contributed by atoms with Crippen LogP contribution in [-0.4, -0.2) is 18.0 Å². The smallest absolute Gasteiger partial charge is 0.254 e. The SMILES string of the molecule is COc1ccc(CNC(=O)c2ccoc2)cn1. The van der Waals surface area contributed by atoms with Crippen molar-refractivity contribution < 1.29 is 13.9 Å². The third-order valence-corrected chi connectivity index (χ3v) is 2.24. The molecule has 0 unspecified atom stereocenters. The zero-order valence-corrected chi connectivity index (χ0v) is 9.34. The van der Waals surface area contributed by atoms with Gasteiger partial charge in [-0.1, -0.05) is 6.07 Å². The van der Waals surface area contributed by atoms with Gasteiger partial charge in [0.1, 0.15) is 6.26 Å². The van der Waals surface area contributed by atoms with Crippen molar-refractivity contribution in [2.75, 3.05) is 7.11 Å². The minimum atomic E-state index is -0.172. The molecule has 0 aliphatic rings. The van der Waals surface area contributed by atoms with Crippen molar-refractivity contribution in [2.24, 2.45) is 0 Å². The zero-order chi connectivity index (χ0) is 12.1. The highest BCUT2D eigenvalue weighted by molar-refractivity contribution is 5.93. The molecule has 2 rings (SSSR count). The molecule has 0 atom stereocenters. The minimum Gasteiger partial charge on any atom is -0.481 e. The molecule has 0 saturated heterocycles. The number of methoxy groups -OCH3 is 1. The van der Waals surface area contributed by atoms with Gasteiger partial charge in [-0.2, -0.15) is 0 Å². The average molecular weight is 232 g/mol. The van der Waals surface area contributed by atoms with Gasteiger partial charge in [0.25, 0.3) is 5.91 Å². The predicted octanol–water partition coefficient (Wildman–Crippen LogP) is 1.61. The molecule has 1 amide bonds. The Balaban J connectivity index is 1.91. The molecule has 2 heterocycles. The highest BCUT2D eigenvalue weighted by atomic mass is 16.5. The van der Waals surface area contributed by atoms with Gasteiger partial charge in [0.2, 0.25) is 5.88 Å². The van der Waals surface area contributed by atoms with Crippen LogP contribution in [-0.2, 0) is 6.54 Å². The molecule has 0 fully saturated rings. The summed E-state index contributed by atoms with van der Waals surface area (Å²) in [7, 11) is 1.56. The Hall–Kier alpha value is -2.30. The fraction of sp³-hybridized carbons (Fsp3) is 0.167. The third-order valence-electron chi connectivity index (χ3n) is 2.24. The predicted molar refractivity (Wildman–Crippen MR) is 60.7 cm³/mol. The molecule has 0 bridgehead atoms. The summed E-state index contributed by atoms with van der Waals surface area (Å²) in [5.41, 5.74) is 1.41. The van der Waals surface area contributed by atoms with E-state index in [1.807, 2.05) is 6.07 Å². The number of ether oxygens (including phenoxy) is 1. The molecule has 0 spiro atoms. The van der Waals surface area contributed by atoms with E-state index in [9.17, 15) is 4.79 Å². The molecule has 5 heteroatoms. The van der Waals surface area contributed by atoms with Crippen LogP contribution in [0.4, 0.5) is 0 Å². The Bertz CT molecular complexity index is 477. The van der Waals surface area contributed by atoms with E-state index in [2.05, 4.69) is 10.3 Å². The number of nitrogens with one attached hydrogen (secondary N) is 1. The van der Waals surface area contributed by atoms with Gasteiger partial charge in [0, 0.05) is 18.8 Å². The van der Waals surface area contributed by atoms with Crippen LogP contribution in [0.5, 0.6) is 5.88 Å². The van der Waals surface area contributed by atoms with E-state index >= 15 is 0 Å². The molecule has 2 aromatic heterocycles. The van der Waals surface area contributed by atoms with Crippen molar-refractivity contribution in [1.82, 2.24) is 10.3 Å². The van der Waals surface area contributed by atoms with Crippen LogP contribution in [0, 0.1) is 0 Å². The fourth-order valence-electron chi connectivity index (χ4n) is 1.31. The highest BCUT2D eigenvalue weighted by Crippen LogP contribution is 2.06. The maximum Gasteiger partial charge on any atom is 0.254 e. The van der Waals surface area contributed by atoms with E-state index in [0.29, 0.717) is 18.0 Å². The van der Waals surface area contributed by atoms with E-state index < -0.39 is 0 Å². The first kappa shape index (κ1) is 11.2. The first-order valence-corrected chi connectivity index (χ1v) is 5.09. The third kappa shape index (κ3) is 2.84. The number of rotatable bonds is 4. The molecule has 88 valence electrons. The van der Waals surface area contributed by atoms with Crippen molar-refractivity contribution in [1.29, 1.82) is 0 Å². The van der Waals surface area contributed by atoms with E-state index in [1.54, 1.807) is 25.4 Å². The highest BCUT2D eigenvalue weighted by Gasteiger charge is 2.06. The molecule has 0 radical (unpaired) electrons. The number of hydrogen-bond donors (Lipinski definition) is 1. The van der Waals surface area contributed by atoms with Crippen LogP contribution in [0.2, 0.25) is 0 Å². The zero-order valence-electron chi connectivity index (χ0n) is 9.34. The first-order valence-electron chi connectivity index (χ1n) is 5.09. The number of hydrogen-bond acceptors (Lipinski definition) is 4. The standard InChI is InChI=1S/C12H12N2O3/c1-16-11-3-2-9(6-13-11)7-14-12(15)10-4-5-17-8-10/h2-6,8H,7H2,1H3,(H,14,15). The number of furan rings is 1.